The normalized spacial score (nSPS) is 19.6. The highest BCUT2D eigenvalue weighted by molar-refractivity contribution is 5.73. The van der Waals surface area contributed by atoms with Crippen LogP contribution in [0.2, 0.25) is 0 Å². The third-order valence-corrected chi connectivity index (χ3v) is 2.57. The third kappa shape index (κ3) is 2.76. The van der Waals surface area contributed by atoms with Gasteiger partial charge in [0, 0.05) is 0 Å². The number of aldehydes is 1. The number of quaternary nitrogens is 1. The summed E-state index contributed by atoms with van der Waals surface area (Å²) in [5, 5.41) is 37.4. The number of aliphatic carboxylic acids is 1. The quantitative estimate of drug-likeness (QED) is 0.236. The largest absolute Gasteiger partial charge is 0.479 e. The van der Waals surface area contributed by atoms with Crippen LogP contribution in [0.15, 0.2) is 0 Å². The maximum absolute atomic E-state index is 10.5. The number of carbonyl (C=O) groups is 2. The van der Waals surface area contributed by atoms with Gasteiger partial charge in [-0.15, -0.1) is 0 Å². The van der Waals surface area contributed by atoms with E-state index in [4.69, 9.17) is 5.11 Å². The van der Waals surface area contributed by atoms with Gasteiger partial charge >= 0.3 is 5.97 Å². The summed E-state index contributed by atoms with van der Waals surface area (Å²) in [6.07, 6.45) is -4.24. The highest BCUT2D eigenvalue weighted by atomic mass is 16.4. The average Bonchev–Trinajstić information content (AvgIpc) is 2.13. The molecule has 0 spiro atoms. The van der Waals surface area contributed by atoms with Crippen molar-refractivity contribution >= 4 is 12.3 Å². The number of carbonyl (C=O) groups excluding carboxylic acids is 1. The van der Waals surface area contributed by atoms with Crippen LogP contribution in [-0.4, -0.2) is 76.2 Å². The van der Waals surface area contributed by atoms with Gasteiger partial charge in [0.2, 0.25) is 5.72 Å². The molecule has 0 aliphatic carbocycles. The van der Waals surface area contributed by atoms with E-state index in [1.165, 1.54) is 21.1 Å². The predicted molar refractivity (Wildman–Crippen MR) is 53.3 cm³/mol. The van der Waals surface area contributed by atoms with E-state index in [0.717, 1.165) is 0 Å². The number of nitrogens with zero attached hydrogens (tertiary/aromatic N) is 1. The standard InChI is InChI=1S/C9H17NO6/c1-10(2,3)9(16,4-5-11)7(13)6(12)8(14)15/h5-7,12-13,16H,4H2,1-3H3/p+1/t6-,7+,9+/m0/s1. The summed E-state index contributed by atoms with van der Waals surface area (Å²) in [6, 6.07) is 0. The Kier molecular flexibility index (Phi) is 4.56. The van der Waals surface area contributed by atoms with Crippen molar-refractivity contribution in [2.45, 2.75) is 24.4 Å². The van der Waals surface area contributed by atoms with E-state index in [0.29, 0.717) is 6.29 Å². The lowest BCUT2D eigenvalue weighted by molar-refractivity contribution is -0.954. The number of rotatable bonds is 6. The number of likely N-dealkylation sites (N-methyl/N-ethyl adjacent to an activating group) is 1. The predicted octanol–water partition coefficient (Wildman–Crippen LogP) is -2.22. The molecule has 3 atom stereocenters. The third-order valence-electron chi connectivity index (χ3n) is 2.57. The van der Waals surface area contributed by atoms with Crippen LogP contribution < -0.4 is 0 Å². The second kappa shape index (κ2) is 4.88. The monoisotopic (exact) mass is 236 g/mol. The number of carboxylic acids is 1. The first-order valence-corrected chi connectivity index (χ1v) is 4.64. The van der Waals surface area contributed by atoms with Gasteiger partial charge in [-0.3, -0.25) is 0 Å². The highest BCUT2D eigenvalue weighted by Gasteiger charge is 2.52. The Balaban J connectivity index is 5.20. The minimum absolute atomic E-state index is 0.281. The number of aliphatic hydroxyl groups is 3. The van der Waals surface area contributed by atoms with Crippen LogP contribution in [-0.2, 0) is 9.59 Å². The Morgan fingerprint density at radius 2 is 1.81 bits per heavy atom. The summed E-state index contributed by atoms with van der Waals surface area (Å²) in [5.41, 5.74) is -2.06. The molecule has 0 unspecified atom stereocenters. The van der Waals surface area contributed by atoms with Crippen LogP contribution in [0.5, 0.6) is 0 Å². The van der Waals surface area contributed by atoms with Gasteiger partial charge in [-0.25, -0.2) is 4.79 Å². The lowest BCUT2D eigenvalue weighted by atomic mass is 9.95. The fourth-order valence-electron chi connectivity index (χ4n) is 1.30. The molecule has 0 heterocycles. The van der Waals surface area contributed by atoms with E-state index in [-0.39, 0.29) is 4.48 Å². The molecule has 0 saturated heterocycles. The topological polar surface area (TPSA) is 115 Å². The van der Waals surface area contributed by atoms with Gasteiger partial charge in [0.15, 0.2) is 12.2 Å². The van der Waals surface area contributed by atoms with Crippen LogP contribution in [0.25, 0.3) is 0 Å². The van der Waals surface area contributed by atoms with Crippen LogP contribution >= 0.6 is 0 Å². The Labute approximate surface area is 93.1 Å². The van der Waals surface area contributed by atoms with E-state index < -0.39 is 30.3 Å². The first-order valence-electron chi connectivity index (χ1n) is 4.64. The number of hydrogen-bond acceptors (Lipinski definition) is 5. The molecule has 0 aliphatic rings. The first-order chi connectivity index (χ1) is 7.08. The smallest absolute Gasteiger partial charge is 0.335 e. The van der Waals surface area contributed by atoms with Crippen LogP contribution in [0.4, 0.5) is 0 Å². The van der Waals surface area contributed by atoms with Gasteiger partial charge in [-0.1, -0.05) is 0 Å². The molecule has 7 heteroatoms. The minimum atomic E-state index is -2.15. The molecule has 7 nitrogen and oxygen atoms in total. The summed E-state index contributed by atoms with van der Waals surface area (Å²) < 4.78 is -0.281. The van der Waals surface area contributed by atoms with Crippen LogP contribution in [0.3, 0.4) is 0 Å². The SMILES string of the molecule is C[N+](C)(C)[C@@](O)(CC=O)[C@H](O)[C@H](O)C(=O)O. The van der Waals surface area contributed by atoms with E-state index in [2.05, 4.69) is 0 Å². The van der Waals surface area contributed by atoms with Crippen molar-refractivity contribution in [3.8, 4) is 0 Å². The van der Waals surface area contributed by atoms with Gasteiger partial charge in [-0.2, -0.15) is 0 Å². The highest BCUT2D eigenvalue weighted by Crippen LogP contribution is 2.25. The summed E-state index contributed by atoms with van der Waals surface area (Å²) in [5.74, 6) is -1.66. The fraction of sp³-hybridized carbons (Fsp3) is 0.778. The zero-order valence-corrected chi connectivity index (χ0v) is 9.49. The zero-order chi connectivity index (χ0) is 13.1. The van der Waals surface area contributed by atoms with Crippen molar-refractivity contribution in [3.05, 3.63) is 0 Å². The van der Waals surface area contributed by atoms with Crippen LogP contribution in [0.1, 0.15) is 6.42 Å². The van der Waals surface area contributed by atoms with Gasteiger partial charge in [0.25, 0.3) is 0 Å². The molecule has 4 N–H and O–H groups in total. The summed E-state index contributed by atoms with van der Waals surface area (Å²) in [6.45, 7) is 0. The lowest BCUT2D eigenvalue weighted by Crippen LogP contribution is -2.67. The van der Waals surface area contributed by atoms with Crippen LogP contribution in [0, 0.1) is 0 Å². The van der Waals surface area contributed by atoms with Gasteiger partial charge in [-0.05, 0) is 0 Å². The lowest BCUT2D eigenvalue weighted by Gasteiger charge is -2.44. The van der Waals surface area contributed by atoms with Crippen molar-refractivity contribution in [1.82, 2.24) is 0 Å². The van der Waals surface area contributed by atoms with Gasteiger partial charge in [0.1, 0.15) is 6.29 Å². The molecule has 0 rings (SSSR count). The molecule has 0 amide bonds. The molecule has 0 aliphatic heterocycles. The molecule has 94 valence electrons. The summed E-state index contributed by atoms with van der Waals surface area (Å²) in [7, 11) is 4.42. The summed E-state index contributed by atoms with van der Waals surface area (Å²) in [4.78, 5) is 21.0. The Bertz CT molecular complexity index is 274. The second-order valence-electron chi connectivity index (χ2n) is 4.49. The fourth-order valence-corrected chi connectivity index (χ4v) is 1.30. The van der Waals surface area contributed by atoms with E-state index in [1.807, 2.05) is 0 Å². The van der Waals surface area contributed by atoms with Crippen molar-refractivity contribution in [2.24, 2.45) is 0 Å². The molecule has 16 heavy (non-hydrogen) atoms. The van der Waals surface area contributed by atoms with E-state index >= 15 is 0 Å². The molecule has 0 radical (unpaired) electrons. The molecular formula is C9H18NO6+. The van der Waals surface area contributed by atoms with Gasteiger partial charge in [0.05, 0.1) is 27.6 Å². The van der Waals surface area contributed by atoms with E-state index in [1.54, 1.807) is 0 Å². The van der Waals surface area contributed by atoms with Gasteiger partial charge < -0.3 is 29.7 Å². The zero-order valence-electron chi connectivity index (χ0n) is 9.49. The second-order valence-corrected chi connectivity index (χ2v) is 4.49. The number of carboxylic acid groups (broad SMARTS) is 1. The Morgan fingerprint density at radius 3 is 2.06 bits per heavy atom. The molecule has 0 saturated carbocycles. The van der Waals surface area contributed by atoms with Crippen molar-refractivity contribution in [1.29, 1.82) is 0 Å². The Morgan fingerprint density at radius 1 is 1.38 bits per heavy atom. The number of aliphatic hydroxyl groups excluding tert-OH is 2. The summed E-state index contributed by atoms with van der Waals surface area (Å²) >= 11 is 0. The maximum atomic E-state index is 10.5. The molecule has 0 aromatic carbocycles. The Hall–Kier alpha value is -1.02. The maximum Gasteiger partial charge on any atom is 0.335 e. The van der Waals surface area contributed by atoms with Crippen molar-refractivity contribution in [2.75, 3.05) is 21.1 Å². The van der Waals surface area contributed by atoms with E-state index in [9.17, 15) is 24.9 Å². The average molecular weight is 236 g/mol. The number of hydrogen-bond donors (Lipinski definition) is 4. The molecule has 0 aromatic rings. The molecule has 0 bridgehead atoms. The molecular weight excluding hydrogens is 218 g/mol. The van der Waals surface area contributed by atoms with Crippen molar-refractivity contribution < 1.29 is 34.5 Å². The first kappa shape index (κ1) is 15.0. The molecule has 0 aromatic heterocycles. The van der Waals surface area contributed by atoms with Crippen molar-refractivity contribution in [3.63, 3.8) is 0 Å². The molecule has 0 fully saturated rings. The minimum Gasteiger partial charge on any atom is -0.479 e.